The fourth-order valence-corrected chi connectivity index (χ4v) is 3.34. The highest BCUT2D eigenvalue weighted by Gasteiger charge is 2.27. The number of halogens is 1. The molecule has 2 aromatic rings. The van der Waals surface area contributed by atoms with Gasteiger partial charge in [0.25, 0.3) is 0 Å². The summed E-state index contributed by atoms with van der Waals surface area (Å²) >= 11 is 3.40. The summed E-state index contributed by atoms with van der Waals surface area (Å²) in [7, 11) is 0. The van der Waals surface area contributed by atoms with Gasteiger partial charge in [-0.3, -0.25) is 9.59 Å². The minimum atomic E-state index is -0.187. The third kappa shape index (κ3) is 4.57. The van der Waals surface area contributed by atoms with E-state index >= 15 is 0 Å². The number of benzene rings is 1. The average Bonchev–Trinajstić information content (AvgIpc) is 2.64. The standard InChI is InChI=1S/C18H20BrN5O2/c1-12(25)22-15-6-5-14(19)10-16(15)23-17(26)13-4-2-9-24(11-13)18-20-7-3-8-21-18/h3,5-8,10,13H,2,4,9,11H2,1H3,(H,22,25)(H,23,26). The van der Waals surface area contributed by atoms with Crippen LogP contribution in [0.25, 0.3) is 0 Å². The fourth-order valence-electron chi connectivity index (χ4n) is 2.98. The molecule has 1 unspecified atom stereocenters. The van der Waals surface area contributed by atoms with E-state index in [9.17, 15) is 9.59 Å². The predicted molar refractivity (Wildman–Crippen MR) is 104 cm³/mol. The van der Waals surface area contributed by atoms with Crippen LogP contribution in [0.5, 0.6) is 0 Å². The maximum Gasteiger partial charge on any atom is 0.229 e. The molecule has 1 aliphatic rings. The summed E-state index contributed by atoms with van der Waals surface area (Å²) in [5, 5.41) is 5.69. The Kier molecular flexibility index (Phi) is 5.82. The summed E-state index contributed by atoms with van der Waals surface area (Å²) in [5.41, 5.74) is 1.15. The zero-order chi connectivity index (χ0) is 18.5. The van der Waals surface area contributed by atoms with Gasteiger partial charge in [-0.1, -0.05) is 15.9 Å². The molecule has 3 rings (SSSR count). The number of carbonyl (C=O) groups excluding carboxylic acids is 2. The molecule has 1 aliphatic heterocycles. The normalized spacial score (nSPS) is 16.8. The molecule has 0 bridgehead atoms. The van der Waals surface area contributed by atoms with Crippen molar-refractivity contribution >= 4 is 45.1 Å². The smallest absolute Gasteiger partial charge is 0.229 e. The van der Waals surface area contributed by atoms with Crippen LogP contribution >= 0.6 is 15.9 Å². The molecule has 2 N–H and O–H groups in total. The maximum atomic E-state index is 12.8. The van der Waals surface area contributed by atoms with E-state index in [-0.39, 0.29) is 17.7 Å². The monoisotopic (exact) mass is 417 g/mol. The SMILES string of the molecule is CC(=O)Nc1ccc(Br)cc1NC(=O)C1CCCN(c2ncccn2)C1. The first kappa shape index (κ1) is 18.3. The zero-order valence-corrected chi connectivity index (χ0v) is 16.0. The highest BCUT2D eigenvalue weighted by Crippen LogP contribution is 2.28. The Morgan fingerprint density at radius 2 is 1.96 bits per heavy atom. The van der Waals surface area contributed by atoms with Gasteiger partial charge in [0.05, 0.1) is 17.3 Å². The summed E-state index contributed by atoms with van der Waals surface area (Å²) in [6.07, 6.45) is 5.10. The molecule has 1 saturated heterocycles. The Labute approximate surface area is 160 Å². The van der Waals surface area contributed by atoms with Gasteiger partial charge in [-0.05, 0) is 37.1 Å². The molecular weight excluding hydrogens is 398 g/mol. The Morgan fingerprint density at radius 3 is 2.69 bits per heavy atom. The van der Waals surface area contributed by atoms with Crippen LogP contribution in [0.15, 0.2) is 41.1 Å². The lowest BCUT2D eigenvalue weighted by Gasteiger charge is -2.32. The van der Waals surface area contributed by atoms with Crippen LogP contribution in [0.1, 0.15) is 19.8 Å². The van der Waals surface area contributed by atoms with E-state index < -0.39 is 0 Å². The minimum absolute atomic E-state index is 0.0738. The molecule has 1 fully saturated rings. The fraction of sp³-hybridized carbons (Fsp3) is 0.333. The Morgan fingerprint density at radius 1 is 1.19 bits per heavy atom. The van der Waals surface area contributed by atoms with Gasteiger partial charge in [0.2, 0.25) is 17.8 Å². The lowest BCUT2D eigenvalue weighted by molar-refractivity contribution is -0.120. The third-order valence-corrected chi connectivity index (χ3v) is 4.67. The first-order chi connectivity index (χ1) is 12.5. The number of hydrogen-bond acceptors (Lipinski definition) is 5. The van der Waals surface area contributed by atoms with Crippen LogP contribution in [0, 0.1) is 5.92 Å². The number of aromatic nitrogens is 2. The van der Waals surface area contributed by atoms with Crippen molar-refractivity contribution in [1.29, 1.82) is 0 Å². The number of amides is 2. The quantitative estimate of drug-likeness (QED) is 0.797. The Hall–Kier alpha value is -2.48. The van der Waals surface area contributed by atoms with Crippen LogP contribution in [0.2, 0.25) is 0 Å². The number of nitrogens with one attached hydrogen (secondary N) is 2. The number of hydrogen-bond donors (Lipinski definition) is 2. The van der Waals surface area contributed by atoms with Crippen molar-refractivity contribution < 1.29 is 9.59 Å². The summed E-state index contributed by atoms with van der Waals surface area (Å²) < 4.78 is 0.824. The molecule has 8 heteroatoms. The lowest BCUT2D eigenvalue weighted by atomic mass is 9.97. The van der Waals surface area contributed by atoms with Gasteiger partial charge in [-0.2, -0.15) is 0 Å². The van der Waals surface area contributed by atoms with E-state index in [1.165, 1.54) is 6.92 Å². The summed E-state index contributed by atoms with van der Waals surface area (Å²) in [4.78, 5) is 34.7. The summed E-state index contributed by atoms with van der Waals surface area (Å²) in [6, 6.07) is 7.13. The van der Waals surface area contributed by atoms with Gasteiger partial charge in [-0.15, -0.1) is 0 Å². The summed E-state index contributed by atoms with van der Waals surface area (Å²) in [6.45, 7) is 2.84. The molecule has 26 heavy (non-hydrogen) atoms. The van der Waals surface area contributed by atoms with Crippen LogP contribution < -0.4 is 15.5 Å². The van der Waals surface area contributed by atoms with Gasteiger partial charge in [0.15, 0.2) is 0 Å². The molecule has 1 atom stereocenters. The van der Waals surface area contributed by atoms with E-state index in [0.29, 0.717) is 23.9 Å². The second kappa shape index (κ2) is 8.27. The molecule has 2 heterocycles. The second-order valence-corrected chi connectivity index (χ2v) is 7.11. The van der Waals surface area contributed by atoms with Gasteiger partial charge in [0, 0.05) is 36.9 Å². The Bertz CT molecular complexity index is 799. The molecule has 0 spiro atoms. The number of piperidine rings is 1. The van der Waals surface area contributed by atoms with Gasteiger partial charge in [-0.25, -0.2) is 9.97 Å². The van der Waals surface area contributed by atoms with Crippen LogP contribution in [-0.4, -0.2) is 34.9 Å². The van der Waals surface area contributed by atoms with Gasteiger partial charge >= 0.3 is 0 Å². The molecule has 1 aromatic heterocycles. The van der Waals surface area contributed by atoms with Crippen molar-refractivity contribution in [3.8, 4) is 0 Å². The molecule has 0 saturated carbocycles. The van der Waals surface area contributed by atoms with E-state index in [1.807, 2.05) is 11.0 Å². The number of rotatable bonds is 4. The predicted octanol–water partition coefficient (Wildman–Crippen LogP) is 3.05. The molecule has 1 aromatic carbocycles. The van der Waals surface area contributed by atoms with Crippen LogP contribution in [-0.2, 0) is 9.59 Å². The largest absolute Gasteiger partial charge is 0.340 e. The van der Waals surface area contributed by atoms with Crippen molar-refractivity contribution in [1.82, 2.24) is 9.97 Å². The highest BCUT2D eigenvalue weighted by molar-refractivity contribution is 9.10. The van der Waals surface area contributed by atoms with Crippen molar-refractivity contribution in [2.24, 2.45) is 5.92 Å². The molecule has 0 aliphatic carbocycles. The third-order valence-electron chi connectivity index (χ3n) is 4.18. The first-order valence-electron chi connectivity index (χ1n) is 8.43. The number of nitrogens with zero attached hydrogens (tertiary/aromatic N) is 3. The minimum Gasteiger partial charge on any atom is -0.340 e. The number of anilines is 3. The zero-order valence-electron chi connectivity index (χ0n) is 14.4. The van der Waals surface area contributed by atoms with Gasteiger partial charge < -0.3 is 15.5 Å². The van der Waals surface area contributed by atoms with E-state index in [0.717, 1.165) is 23.9 Å². The topological polar surface area (TPSA) is 87.2 Å². The van der Waals surface area contributed by atoms with Crippen molar-refractivity contribution in [2.75, 3.05) is 28.6 Å². The van der Waals surface area contributed by atoms with E-state index in [1.54, 1.807) is 30.6 Å². The molecule has 136 valence electrons. The van der Waals surface area contributed by atoms with Crippen LogP contribution in [0.3, 0.4) is 0 Å². The van der Waals surface area contributed by atoms with Gasteiger partial charge in [0.1, 0.15) is 0 Å². The second-order valence-electron chi connectivity index (χ2n) is 6.19. The van der Waals surface area contributed by atoms with Crippen molar-refractivity contribution in [3.05, 3.63) is 41.1 Å². The summed E-state index contributed by atoms with van der Waals surface area (Å²) in [5.74, 6) is 0.214. The van der Waals surface area contributed by atoms with E-state index in [2.05, 4.69) is 36.5 Å². The molecular formula is C18H20BrN5O2. The highest BCUT2D eigenvalue weighted by atomic mass is 79.9. The molecule has 2 amide bonds. The van der Waals surface area contributed by atoms with Crippen molar-refractivity contribution in [2.45, 2.75) is 19.8 Å². The molecule has 0 radical (unpaired) electrons. The lowest BCUT2D eigenvalue weighted by Crippen LogP contribution is -2.41. The van der Waals surface area contributed by atoms with E-state index in [4.69, 9.17) is 0 Å². The molecule has 7 nitrogen and oxygen atoms in total. The number of carbonyl (C=O) groups is 2. The maximum absolute atomic E-state index is 12.8. The Balaban J connectivity index is 1.72. The van der Waals surface area contributed by atoms with Crippen LogP contribution in [0.4, 0.5) is 17.3 Å². The average molecular weight is 418 g/mol. The first-order valence-corrected chi connectivity index (χ1v) is 9.22. The van der Waals surface area contributed by atoms with Crippen molar-refractivity contribution in [3.63, 3.8) is 0 Å².